The van der Waals surface area contributed by atoms with Gasteiger partial charge in [-0.25, -0.2) is 9.97 Å². The van der Waals surface area contributed by atoms with Crippen molar-refractivity contribution in [3.63, 3.8) is 0 Å². The predicted molar refractivity (Wildman–Crippen MR) is 129 cm³/mol. The maximum absolute atomic E-state index is 12.8. The summed E-state index contributed by atoms with van der Waals surface area (Å²) in [5, 5.41) is 6.06. The van der Waals surface area contributed by atoms with Gasteiger partial charge in [0.2, 0.25) is 5.91 Å². The van der Waals surface area contributed by atoms with Crippen LogP contribution in [0.4, 0.5) is 11.6 Å². The second kappa shape index (κ2) is 10.6. The number of nitrogens with one attached hydrogen (secondary N) is 2. The smallest absolute Gasteiger partial charge is 0.253 e. The fourth-order valence-corrected chi connectivity index (χ4v) is 3.73. The van der Waals surface area contributed by atoms with Crippen molar-refractivity contribution >= 4 is 23.5 Å². The highest BCUT2D eigenvalue weighted by Gasteiger charge is 2.23. The lowest BCUT2D eigenvalue weighted by Crippen LogP contribution is -2.49. The van der Waals surface area contributed by atoms with Gasteiger partial charge in [-0.15, -0.1) is 0 Å². The van der Waals surface area contributed by atoms with Gasteiger partial charge < -0.3 is 20.4 Å². The van der Waals surface area contributed by atoms with E-state index in [1.54, 1.807) is 0 Å². The molecule has 1 fully saturated rings. The Morgan fingerprint density at radius 3 is 2.21 bits per heavy atom. The highest BCUT2D eigenvalue weighted by atomic mass is 16.2. The number of hydrogen-bond acceptors (Lipinski definition) is 6. The molecule has 1 saturated heterocycles. The molecule has 8 nitrogen and oxygen atoms in total. The molecule has 0 radical (unpaired) electrons. The van der Waals surface area contributed by atoms with Gasteiger partial charge in [-0.2, -0.15) is 0 Å². The molecule has 170 valence electrons. The quantitative estimate of drug-likeness (QED) is 0.545. The molecule has 1 aliphatic heterocycles. The number of amides is 2. The third-order valence-corrected chi connectivity index (χ3v) is 5.46. The topological polar surface area (TPSA) is 90.5 Å². The Morgan fingerprint density at radius 2 is 1.55 bits per heavy atom. The number of carbonyl (C=O) groups excluding carboxylic acids is 2. The van der Waals surface area contributed by atoms with E-state index in [2.05, 4.69) is 20.5 Å². The fraction of sp³-hybridized carbons (Fsp3) is 0.280. The van der Waals surface area contributed by atoms with Crippen LogP contribution < -0.4 is 15.5 Å². The van der Waals surface area contributed by atoms with E-state index in [4.69, 9.17) is 4.98 Å². The van der Waals surface area contributed by atoms with E-state index in [9.17, 15) is 9.59 Å². The second-order valence-electron chi connectivity index (χ2n) is 7.86. The molecular formula is C25H28N6O2. The summed E-state index contributed by atoms with van der Waals surface area (Å²) >= 11 is 0. The number of piperazine rings is 1. The van der Waals surface area contributed by atoms with Crippen molar-refractivity contribution in [1.29, 1.82) is 0 Å². The molecule has 2 heterocycles. The number of benzene rings is 2. The standard InChI is InChI=1S/C25H28N6O2/c1-19(32)26-12-13-27-22-18-23(29-24(28-22)20-8-4-2-5-9-20)30-14-16-31(17-15-30)25(33)21-10-6-3-7-11-21/h2-11,18H,12-17H2,1H3,(H,26,32)(H,27,28,29). The Hall–Kier alpha value is -3.94. The van der Waals surface area contributed by atoms with E-state index < -0.39 is 0 Å². The van der Waals surface area contributed by atoms with Crippen molar-refractivity contribution in [1.82, 2.24) is 20.2 Å². The Balaban J connectivity index is 1.48. The Labute approximate surface area is 193 Å². The molecule has 3 aromatic rings. The molecule has 0 atom stereocenters. The van der Waals surface area contributed by atoms with Crippen LogP contribution in [0.25, 0.3) is 11.4 Å². The zero-order chi connectivity index (χ0) is 23.0. The Morgan fingerprint density at radius 1 is 0.879 bits per heavy atom. The molecule has 0 aliphatic carbocycles. The summed E-state index contributed by atoms with van der Waals surface area (Å²) in [6, 6.07) is 21.2. The molecule has 4 rings (SSSR count). The van der Waals surface area contributed by atoms with Gasteiger partial charge in [0, 0.05) is 63.4 Å². The van der Waals surface area contributed by atoms with Crippen molar-refractivity contribution in [2.75, 3.05) is 49.5 Å². The minimum Gasteiger partial charge on any atom is -0.368 e. The number of rotatable bonds is 7. The van der Waals surface area contributed by atoms with Gasteiger partial charge in [0.1, 0.15) is 11.6 Å². The highest BCUT2D eigenvalue weighted by molar-refractivity contribution is 5.94. The number of anilines is 2. The summed E-state index contributed by atoms with van der Waals surface area (Å²) in [7, 11) is 0. The van der Waals surface area contributed by atoms with Gasteiger partial charge in [0.15, 0.2) is 5.82 Å². The first-order valence-electron chi connectivity index (χ1n) is 11.1. The van der Waals surface area contributed by atoms with Crippen LogP contribution in [0.15, 0.2) is 66.7 Å². The molecule has 0 spiro atoms. The van der Waals surface area contributed by atoms with Gasteiger partial charge >= 0.3 is 0 Å². The summed E-state index contributed by atoms with van der Waals surface area (Å²) in [5.74, 6) is 2.15. The zero-order valence-electron chi connectivity index (χ0n) is 18.7. The molecule has 8 heteroatoms. The van der Waals surface area contributed by atoms with Crippen molar-refractivity contribution in [2.24, 2.45) is 0 Å². The van der Waals surface area contributed by atoms with Crippen LogP contribution in [0.5, 0.6) is 0 Å². The van der Waals surface area contributed by atoms with E-state index in [0.29, 0.717) is 56.5 Å². The summed E-state index contributed by atoms with van der Waals surface area (Å²) in [5.41, 5.74) is 1.65. The summed E-state index contributed by atoms with van der Waals surface area (Å²) < 4.78 is 0. The molecular weight excluding hydrogens is 416 g/mol. The fourth-order valence-electron chi connectivity index (χ4n) is 3.73. The second-order valence-corrected chi connectivity index (χ2v) is 7.86. The van der Waals surface area contributed by atoms with Crippen LogP contribution in [0.3, 0.4) is 0 Å². The normalized spacial score (nSPS) is 13.5. The van der Waals surface area contributed by atoms with Crippen LogP contribution in [0, 0.1) is 0 Å². The van der Waals surface area contributed by atoms with Gasteiger partial charge in [-0.3, -0.25) is 9.59 Å². The molecule has 0 bridgehead atoms. The van der Waals surface area contributed by atoms with E-state index in [1.807, 2.05) is 71.6 Å². The number of hydrogen-bond donors (Lipinski definition) is 2. The third-order valence-electron chi connectivity index (χ3n) is 5.46. The van der Waals surface area contributed by atoms with Crippen LogP contribution in [0.2, 0.25) is 0 Å². The van der Waals surface area contributed by atoms with Crippen molar-refractivity contribution < 1.29 is 9.59 Å². The number of carbonyl (C=O) groups is 2. The third kappa shape index (κ3) is 5.85. The molecule has 2 N–H and O–H groups in total. The average molecular weight is 445 g/mol. The zero-order valence-corrected chi connectivity index (χ0v) is 18.7. The molecule has 0 unspecified atom stereocenters. The average Bonchev–Trinajstić information content (AvgIpc) is 2.87. The van der Waals surface area contributed by atoms with Crippen molar-refractivity contribution in [2.45, 2.75) is 6.92 Å². The maximum Gasteiger partial charge on any atom is 0.253 e. The molecule has 2 amide bonds. The minimum absolute atomic E-state index is 0.0586. The van der Waals surface area contributed by atoms with Gasteiger partial charge in [0.25, 0.3) is 5.91 Å². The molecule has 1 aliphatic rings. The first kappa shape index (κ1) is 22.3. The van der Waals surface area contributed by atoms with Gasteiger partial charge in [-0.1, -0.05) is 48.5 Å². The van der Waals surface area contributed by atoms with Gasteiger partial charge in [0.05, 0.1) is 0 Å². The largest absolute Gasteiger partial charge is 0.368 e. The number of aromatic nitrogens is 2. The van der Waals surface area contributed by atoms with Crippen molar-refractivity contribution in [3.05, 3.63) is 72.3 Å². The molecule has 1 aromatic heterocycles. The first-order chi connectivity index (χ1) is 16.1. The van der Waals surface area contributed by atoms with E-state index >= 15 is 0 Å². The summed E-state index contributed by atoms with van der Waals surface area (Å²) in [4.78, 5) is 37.4. The monoisotopic (exact) mass is 444 g/mol. The lowest BCUT2D eigenvalue weighted by atomic mass is 10.2. The van der Waals surface area contributed by atoms with Crippen LogP contribution in [-0.4, -0.2) is 66.0 Å². The van der Waals surface area contributed by atoms with Crippen LogP contribution >= 0.6 is 0 Å². The lowest BCUT2D eigenvalue weighted by molar-refractivity contribution is -0.118. The van der Waals surface area contributed by atoms with Gasteiger partial charge in [-0.05, 0) is 12.1 Å². The lowest BCUT2D eigenvalue weighted by Gasteiger charge is -2.35. The van der Waals surface area contributed by atoms with Crippen LogP contribution in [-0.2, 0) is 4.79 Å². The minimum atomic E-state index is -0.0620. The maximum atomic E-state index is 12.8. The van der Waals surface area contributed by atoms with Crippen molar-refractivity contribution in [3.8, 4) is 11.4 Å². The SMILES string of the molecule is CC(=O)NCCNc1cc(N2CCN(C(=O)c3ccccc3)CC2)nc(-c2ccccc2)n1. The molecule has 2 aromatic carbocycles. The number of nitrogens with zero attached hydrogens (tertiary/aromatic N) is 4. The Kier molecular flexibility index (Phi) is 7.14. The van der Waals surface area contributed by atoms with E-state index in [0.717, 1.165) is 11.4 Å². The van der Waals surface area contributed by atoms with E-state index in [1.165, 1.54) is 6.92 Å². The first-order valence-corrected chi connectivity index (χ1v) is 11.1. The Bertz CT molecular complexity index is 1080. The van der Waals surface area contributed by atoms with Crippen LogP contribution in [0.1, 0.15) is 17.3 Å². The summed E-state index contributed by atoms with van der Waals surface area (Å²) in [6.07, 6.45) is 0. The summed E-state index contributed by atoms with van der Waals surface area (Å²) in [6.45, 7) is 5.20. The molecule has 33 heavy (non-hydrogen) atoms. The predicted octanol–water partition coefficient (Wildman–Crippen LogP) is 2.65. The highest BCUT2D eigenvalue weighted by Crippen LogP contribution is 2.23. The van der Waals surface area contributed by atoms with E-state index in [-0.39, 0.29) is 11.8 Å². The molecule has 0 saturated carbocycles.